The van der Waals surface area contributed by atoms with Crippen LogP contribution in [-0.4, -0.2) is 50.8 Å². The number of rotatable bonds is 2. The Morgan fingerprint density at radius 2 is 0.950 bits per heavy atom. The van der Waals surface area contributed by atoms with Crippen molar-refractivity contribution < 1.29 is 23.4 Å². The smallest absolute Gasteiger partial charge is 0.254 e. The van der Waals surface area contributed by atoms with E-state index >= 15 is 0 Å². The highest BCUT2D eigenvalue weighted by Gasteiger charge is 2.22. The summed E-state index contributed by atoms with van der Waals surface area (Å²) in [5.41, 5.74) is 17.8. The lowest BCUT2D eigenvalue weighted by Gasteiger charge is -2.27. The van der Waals surface area contributed by atoms with Crippen molar-refractivity contribution in [3.05, 3.63) is 198 Å². The zero-order valence-electron chi connectivity index (χ0n) is 54.0. The summed E-state index contributed by atoms with van der Waals surface area (Å²) >= 11 is 5.64. The molecule has 80 heavy (non-hydrogen) atoms. The summed E-state index contributed by atoms with van der Waals surface area (Å²) < 4.78 is 28.8. The average molecular weight is 1110 g/mol. The number of carbonyl (C=O) groups excluding carboxylic acids is 1. The molecule has 6 aromatic carbocycles. The fourth-order valence-corrected chi connectivity index (χ4v) is 9.39. The van der Waals surface area contributed by atoms with E-state index < -0.39 is 0 Å². The maximum Gasteiger partial charge on any atom is 0.254 e. The normalized spacial score (nSPS) is 13.4. The first-order chi connectivity index (χ1) is 36.7. The Morgan fingerprint density at radius 3 is 1.39 bits per heavy atom. The zero-order valence-corrected chi connectivity index (χ0v) is 54.8. The summed E-state index contributed by atoms with van der Waals surface area (Å²) in [6.45, 7) is 53.8. The summed E-state index contributed by atoms with van der Waals surface area (Å²) in [5.74, 6) is 1.84. The molecule has 0 bridgehead atoms. The van der Waals surface area contributed by atoms with Crippen LogP contribution in [0, 0.1) is 40.4 Å². The number of benzene rings is 6. The van der Waals surface area contributed by atoms with Gasteiger partial charge in [-0.2, -0.15) is 0 Å². The second-order valence-corrected chi connectivity index (χ2v) is 28.3. The molecule has 5 nitrogen and oxygen atoms in total. The maximum atomic E-state index is 12.8. The average Bonchev–Trinajstić information content (AvgIpc) is 3.83. The molecule has 438 valence electrons. The number of amides is 1. The second-order valence-electron chi connectivity index (χ2n) is 27.9. The van der Waals surface area contributed by atoms with Gasteiger partial charge >= 0.3 is 0 Å². The molecule has 1 amide bonds. The second kappa shape index (κ2) is 29.0. The third-order valence-corrected chi connectivity index (χ3v) is 14.5. The van der Waals surface area contributed by atoms with Crippen molar-refractivity contribution in [2.45, 2.75) is 198 Å². The van der Waals surface area contributed by atoms with E-state index in [9.17, 15) is 9.18 Å². The molecule has 0 spiro atoms. The van der Waals surface area contributed by atoms with E-state index in [2.05, 4.69) is 232 Å². The quantitative estimate of drug-likeness (QED) is 0.173. The van der Waals surface area contributed by atoms with Crippen LogP contribution in [0.25, 0.3) is 0 Å². The SMILES string of the molecule is CC(C)(C)c1ccc(C(=O)N2CCOCC2)cc1.CC(C)(C)c1ccc(F)c(Cl)c1.CC(C)(C)c1ccc2c(c1)CCO2.COc1c(C)cc(C(C)(C)C)cc1C.Cc1cc(C)cc(C(C)(C)C)c1.Cc1ccccc1C(C)(C)C. The Labute approximate surface area is 491 Å². The molecule has 6 aromatic rings. The van der Waals surface area contributed by atoms with E-state index in [1.54, 1.807) is 19.2 Å². The Bertz CT molecular complexity index is 2860. The summed E-state index contributed by atoms with van der Waals surface area (Å²) in [4.78, 5) is 14.1. The summed E-state index contributed by atoms with van der Waals surface area (Å²) in [6, 6.07) is 39.1. The molecule has 0 atom stereocenters. The zero-order chi connectivity index (χ0) is 60.8. The molecule has 0 aromatic heterocycles. The molecule has 2 heterocycles. The van der Waals surface area contributed by atoms with Gasteiger partial charge in [-0.3, -0.25) is 4.79 Å². The first-order valence-corrected chi connectivity index (χ1v) is 29.1. The van der Waals surface area contributed by atoms with Crippen molar-refractivity contribution >= 4 is 17.5 Å². The number of hydrogen-bond donors (Lipinski definition) is 0. The highest BCUT2D eigenvalue weighted by molar-refractivity contribution is 6.30. The number of halogens is 2. The van der Waals surface area contributed by atoms with Gasteiger partial charge < -0.3 is 19.1 Å². The molecule has 1 saturated heterocycles. The van der Waals surface area contributed by atoms with E-state index in [-0.39, 0.29) is 49.2 Å². The van der Waals surface area contributed by atoms with Crippen LogP contribution >= 0.6 is 11.6 Å². The minimum atomic E-state index is -0.357. The topological polar surface area (TPSA) is 48.0 Å². The molecule has 0 aliphatic carbocycles. The van der Waals surface area contributed by atoms with Crippen LogP contribution in [0.5, 0.6) is 11.5 Å². The number of carbonyl (C=O) groups is 1. The molecule has 2 aliphatic heterocycles. The van der Waals surface area contributed by atoms with Crippen LogP contribution in [0.1, 0.15) is 202 Å². The van der Waals surface area contributed by atoms with Gasteiger partial charge in [-0.05, 0) is 153 Å². The minimum absolute atomic E-state index is 0.0251. The molecule has 0 saturated carbocycles. The first-order valence-electron chi connectivity index (χ1n) is 28.7. The molecule has 1 fully saturated rings. The number of methoxy groups -OCH3 is 1. The fraction of sp³-hybridized carbons (Fsp3) is 0.493. The van der Waals surface area contributed by atoms with Crippen molar-refractivity contribution in [3.8, 4) is 11.5 Å². The predicted molar refractivity (Wildman–Crippen MR) is 342 cm³/mol. The highest BCUT2D eigenvalue weighted by atomic mass is 35.5. The minimum Gasteiger partial charge on any atom is -0.496 e. The van der Waals surface area contributed by atoms with Crippen LogP contribution < -0.4 is 9.47 Å². The van der Waals surface area contributed by atoms with Gasteiger partial charge in [0.2, 0.25) is 0 Å². The number of aryl methyl sites for hydroxylation is 5. The van der Waals surface area contributed by atoms with Crippen LogP contribution in [-0.2, 0) is 43.6 Å². The first kappa shape index (κ1) is 68.8. The molecule has 0 N–H and O–H groups in total. The lowest BCUT2D eigenvalue weighted by molar-refractivity contribution is 0.0303. The van der Waals surface area contributed by atoms with Gasteiger partial charge in [0.15, 0.2) is 0 Å². The van der Waals surface area contributed by atoms with Gasteiger partial charge in [-0.15, -0.1) is 0 Å². The lowest BCUT2D eigenvalue weighted by Crippen LogP contribution is -2.40. The number of fused-ring (bicyclic) bond motifs is 1. The predicted octanol–water partition coefficient (Wildman–Crippen LogP) is 19.7. The molecular formula is C73H103ClFNO4. The Balaban J connectivity index is 0.000000254. The Kier molecular flexibility index (Phi) is 25.0. The van der Waals surface area contributed by atoms with Crippen LogP contribution in [0.4, 0.5) is 4.39 Å². The van der Waals surface area contributed by atoms with Gasteiger partial charge in [0.05, 0.1) is 32.0 Å². The van der Waals surface area contributed by atoms with Gasteiger partial charge in [0, 0.05) is 25.1 Å². The number of morpholine rings is 1. The van der Waals surface area contributed by atoms with Gasteiger partial charge in [0.25, 0.3) is 5.91 Å². The van der Waals surface area contributed by atoms with Crippen molar-refractivity contribution in [2.75, 3.05) is 40.0 Å². The number of ether oxygens (including phenoxy) is 3. The molecule has 7 heteroatoms. The Hall–Kier alpha value is -5.43. The molecule has 8 rings (SSSR count). The maximum absolute atomic E-state index is 12.8. The van der Waals surface area contributed by atoms with E-state index in [4.69, 9.17) is 25.8 Å². The number of nitrogens with zero attached hydrogens (tertiary/aromatic N) is 1. The van der Waals surface area contributed by atoms with E-state index in [1.807, 2.05) is 29.2 Å². The summed E-state index contributed by atoms with van der Waals surface area (Å²) in [5, 5.41) is 0.197. The lowest BCUT2D eigenvalue weighted by atomic mass is 9.84. The Morgan fingerprint density at radius 1 is 0.500 bits per heavy atom. The molecule has 0 radical (unpaired) electrons. The number of hydrogen-bond acceptors (Lipinski definition) is 4. The third-order valence-electron chi connectivity index (χ3n) is 14.2. The fourth-order valence-electron chi connectivity index (χ4n) is 9.20. The third kappa shape index (κ3) is 22.1. The summed E-state index contributed by atoms with van der Waals surface area (Å²) in [6.07, 6.45) is 1.07. The van der Waals surface area contributed by atoms with Crippen LogP contribution in [0.15, 0.2) is 115 Å². The molecule has 0 unspecified atom stereocenters. The molecule has 2 aliphatic rings. The van der Waals surface area contributed by atoms with Gasteiger partial charge in [-0.25, -0.2) is 4.39 Å². The van der Waals surface area contributed by atoms with E-state index in [1.165, 1.54) is 67.3 Å². The summed E-state index contributed by atoms with van der Waals surface area (Å²) in [7, 11) is 1.73. The van der Waals surface area contributed by atoms with Crippen molar-refractivity contribution in [1.82, 2.24) is 4.90 Å². The standard InChI is InChI=1S/C15H21NO2.C13H20O.C12H16O.C12H18.C11H16.C10H12ClF/c1-15(2,3)13-6-4-12(5-7-13)14(17)16-8-10-18-11-9-16;1-9-7-11(13(3,4)5)8-10(2)12(9)14-6;1-12(2,3)10-4-5-11-9(8-10)6-7-13-11;1-9-6-10(2)8-11(7-9)12(3,4)5;1-9-7-5-6-8-10(9)11(2,3)4;1-10(2,3)7-4-5-9(12)8(11)6-7/h4-7H,8-11H2,1-3H3;7-8H,1-6H3;4-5,8H,6-7H2,1-3H3;6-8H,1-5H3;5-8H,1-4H3;4-6H,1-3H3. The van der Waals surface area contributed by atoms with Gasteiger partial charge in [0.1, 0.15) is 17.3 Å². The van der Waals surface area contributed by atoms with E-state index in [0.717, 1.165) is 35.7 Å². The highest BCUT2D eigenvalue weighted by Crippen LogP contribution is 2.33. The molecular weight excluding hydrogens is 1010 g/mol. The van der Waals surface area contributed by atoms with Crippen molar-refractivity contribution in [2.24, 2.45) is 0 Å². The van der Waals surface area contributed by atoms with Crippen molar-refractivity contribution in [3.63, 3.8) is 0 Å². The van der Waals surface area contributed by atoms with Crippen LogP contribution in [0.2, 0.25) is 5.02 Å². The largest absolute Gasteiger partial charge is 0.496 e. The van der Waals surface area contributed by atoms with E-state index in [0.29, 0.717) is 26.3 Å². The monoisotopic (exact) mass is 1110 g/mol. The van der Waals surface area contributed by atoms with Gasteiger partial charge in [-0.1, -0.05) is 232 Å². The van der Waals surface area contributed by atoms with Crippen LogP contribution in [0.3, 0.4) is 0 Å². The van der Waals surface area contributed by atoms with Crippen molar-refractivity contribution in [1.29, 1.82) is 0 Å².